The van der Waals surface area contributed by atoms with E-state index < -0.39 is 0 Å². The Bertz CT molecular complexity index is 805. The summed E-state index contributed by atoms with van der Waals surface area (Å²) in [5.74, 6) is 0. The third-order valence-corrected chi connectivity index (χ3v) is 4.45. The Morgan fingerprint density at radius 3 is 2.95 bits per heavy atom. The van der Waals surface area contributed by atoms with Crippen LogP contribution in [0.25, 0.3) is 11.4 Å². The van der Waals surface area contributed by atoms with Crippen molar-refractivity contribution in [1.82, 2.24) is 13.9 Å². The summed E-state index contributed by atoms with van der Waals surface area (Å²) in [6.45, 7) is 2.17. The highest BCUT2D eigenvalue weighted by Crippen LogP contribution is 2.21. The zero-order chi connectivity index (χ0) is 13.4. The van der Waals surface area contributed by atoms with Gasteiger partial charge in [0.15, 0.2) is 5.43 Å². The Balaban J connectivity index is 2.33. The van der Waals surface area contributed by atoms with E-state index in [4.69, 9.17) is 0 Å². The molecule has 0 aromatic heterocycles. The van der Waals surface area contributed by atoms with E-state index in [0.29, 0.717) is 5.69 Å². The molecule has 0 bridgehead atoms. The Morgan fingerprint density at radius 2 is 2.16 bits per heavy atom. The van der Waals surface area contributed by atoms with Gasteiger partial charge in [-0.2, -0.15) is 0 Å². The van der Waals surface area contributed by atoms with Crippen molar-refractivity contribution < 1.29 is 0 Å². The second-order valence-corrected chi connectivity index (χ2v) is 5.83. The van der Waals surface area contributed by atoms with Crippen LogP contribution in [0.2, 0.25) is 0 Å². The second kappa shape index (κ2) is 4.74. The van der Waals surface area contributed by atoms with Crippen LogP contribution in [0.3, 0.4) is 0 Å². The van der Waals surface area contributed by atoms with Gasteiger partial charge in [-0.1, -0.05) is 24.9 Å². The first-order chi connectivity index (χ1) is 9.20. The first kappa shape index (κ1) is 12.3. The molecule has 2 heterocycles. The molecular formula is C14H15N3OS. The maximum absolute atomic E-state index is 12.2. The van der Waals surface area contributed by atoms with E-state index in [-0.39, 0.29) is 5.43 Å². The predicted molar refractivity (Wildman–Crippen MR) is 75.7 cm³/mol. The first-order valence-corrected chi connectivity index (χ1v) is 7.21. The normalized spacial score (nSPS) is 11.5. The second-order valence-electron chi connectivity index (χ2n) is 4.69. The number of aromatic nitrogens is 3. The van der Waals surface area contributed by atoms with Gasteiger partial charge in [-0.25, -0.2) is 9.97 Å². The van der Waals surface area contributed by atoms with Crippen LogP contribution in [0.15, 0.2) is 23.3 Å². The number of unbranched alkanes of at least 4 members (excludes halogenated alkanes) is 1. The summed E-state index contributed by atoms with van der Waals surface area (Å²) < 4.78 is 3.06. The van der Waals surface area contributed by atoms with Gasteiger partial charge in [-0.15, -0.1) is 0 Å². The van der Waals surface area contributed by atoms with Crippen molar-refractivity contribution in [1.29, 1.82) is 0 Å². The van der Waals surface area contributed by atoms with E-state index >= 15 is 0 Å². The van der Waals surface area contributed by atoms with Gasteiger partial charge in [0.2, 0.25) is 0 Å². The molecule has 19 heavy (non-hydrogen) atoms. The molecule has 3 aliphatic rings. The highest BCUT2D eigenvalue weighted by molar-refractivity contribution is 7.04. The third-order valence-electron chi connectivity index (χ3n) is 3.35. The molecule has 5 heteroatoms. The van der Waals surface area contributed by atoms with Gasteiger partial charge in [-0.05, 0) is 18.9 Å². The molecule has 3 rings (SSSR count). The molecule has 0 radical (unpaired) electrons. The molecule has 0 aromatic rings. The quantitative estimate of drug-likeness (QED) is 0.736. The Kier molecular flexibility index (Phi) is 3.06. The third kappa shape index (κ3) is 2.04. The lowest BCUT2D eigenvalue weighted by atomic mass is 10.1. The van der Waals surface area contributed by atoms with Gasteiger partial charge in [0.25, 0.3) is 0 Å². The van der Waals surface area contributed by atoms with Gasteiger partial charge in [0.05, 0.1) is 10.2 Å². The average Bonchev–Trinajstić information content (AvgIpc) is 2.85. The van der Waals surface area contributed by atoms with Crippen LogP contribution in [0.1, 0.15) is 25.5 Å². The molecule has 0 unspecified atom stereocenters. The molecular weight excluding hydrogens is 258 g/mol. The van der Waals surface area contributed by atoms with Crippen LogP contribution in [0.4, 0.5) is 0 Å². The summed E-state index contributed by atoms with van der Waals surface area (Å²) in [4.78, 5) is 20.5. The largest absolute Gasteiger partial charge is 0.305 e. The molecule has 0 N–H and O–H groups in total. The van der Waals surface area contributed by atoms with E-state index in [2.05, 4.69) is 20.8 Å². The minimum atomic E-state index is 0.0394. The molecule has 0 saturated heterocycles. The Morgan fingerprint density at radius 1 is 1.32 bits per heavy atom. The topological polar surface area (TPSA) is 47.8 Å². The van der Waals surface area contributed by atoms with Crippen LogP contribution in [0.5, 0.6) is 0 Å². The lowest BCUT2D eigenvalue weighted by Crippen LogP contribution is -2.08. The fourth-order valence-electron chi connectivity index (χ4n) is 2.27. The van der Waals surface area contributed by atoms with Crippen LogP contribution in [-0.2, 0) is 13.5 Å². The van der Waals surface area contributed by atoms with Crippen molar-refractivity contribution in [3.05, 3.63) is 44.1 Å². The van der Waals surface area contributed by atoms with E-state index in [1.165, 1.54) is 12.0 Å². The molecule has 4 nitrogen and oxygen atoms in total. The standard InChI is InChI=1S/C14H15N3OS/c1-3-4-5-9-6-10-12(18)7-11-13(16-8-15-11)14(10)19-17(9)2/h6-8H,3-5H2,1-2H3. The summed E-state index contributed by atoms with van der Waals surface area (Å²) in [7, 11) is 2.04. The maximum Gasteiger partial charge on any atom is 0.189 e. The number of nitrogens with zero attached hydrogens (tertiary/aromatic N) is 3. The Labute approximate surface area is 114 Å². The molecule has 0 aromatic carbocycles. The monoisotopic (exact) mass is 273 g/mol. The minimum absolute atomic E-state index is 0.0394. The molecule has 0 spiro atoms. The Hall–Kier alpha value is -1.75. The number of rotatable bonds is 3. The van der Waals surface area contributed by atoms with Crippen molar-refractivity contribution in [2.45, 2.75) is 26.2 Å². The van der Waals surface area contributed by atoms with Crippen molar-refractivity contribution >= 4 is 11.5 Å². The van der Waals surface area contributed by atoms with Crippen LogP contribution in [0, 0.1) is 9.75 Å². The summed E-state index contributed by atoms with van der Waals surface area (Å²) >= 11 is 1.58. The highest BCUT2D eigenvalue weighted by Gasteiger charge is 2.13. The zero-order valence-electron chi connectivity index (χ0n) is 11.0. The SMILES string of the molecule is CCCCc1cc2c(=O)cc3ncnc-3c=2sn1C. The number of hydrogen-bond acceptors (Lipinski definition) is 4. The predicted octanol–water partition coefficient (Wildman–Crippen LogP) is 2.41. The fourth-order valence-corrected chi connectivity index (χ4v) is 3.30. The number of hydrogen-bond donors (Lipinski definition) is 0. The fraction of sp³-hybridized carbons (Fsp3) is 0.357. The molecule has 0 fully saturated rings. The van der Waals surface area contributed by atoms with Gasteiger partial charge >= 0.3 is 0 Å². The lowest BCUT2D eigenvalue weighted by molar-refractivity contribution is 0.748. The molecule has 0 atom stereocenters. The lowest BCUT2D eigenvalue weighted by Gasteiger charge is -2.09. The van der Waals surface area contributed by atoms with Crippen molar-refractivity contribution in [3.8, 4) is 11.4 Å². The molecule has 0 amide bonds. The van der Waals surface area contributed by atoms with Gasteiger partial charge < -0.3 is 3.96 Å². The smallest absolute Gasteiger partial charge is 0.189 e. The van der Waals surface area contributed by atoms with E-state index in [1.54, 1.807) is 17.6 Å². The summed E-state index contributed by atoms with van der Waals surface area (Å²) in [6, 6.07) is 3.60. The van der Waals surface area contributed by atoms with Crippen molar-refractivity contribution in [3.63, 3.8) is 0 Å². The summed E-state index contributed by atoms with van der Waals surface area (Å²) in [6.07, 6.45) is 4.81. The van der Waals surface area contributed by atoms with Gasteiger partial charge in [0, 0.05) is 24.0 Å². The van der Waals surface area contributed by atoms with Crippen molar-refractivity contribution in [2.75, 3.05) is 0 Å². The summed E-state index contributed by atoms with van der Waals surface area (Å²) in [5.41, 5.74) is 2.76. The average molecular weight is 273 g/mol. The van der Waals surface area contributed by atoms with Gasteiger partial charge in [-0.3, -0.25) is 4.79 Å². The van der Waals surface area contributed by atoms with Crippen LogP contribution in [-0.4, -0.2) is 13.9 Å². The van der Waals surface area contributed by atoms with Gasteiger partial charge in [0.1, 0.15) is 12.0 Å². The van der Waals surface area contributed by atoms with Crippen LogP contribution >= 0.6 is 11.5 Å². The highest BCUT2D eigenvalue weighted by atomic mass is 32.1. The molecule has 2 aliphatic heterocycles. The summed E-state index contributed by atoms with van der Waals surface area (Å²) in [5, 5.41) is 0.766. The van der Waals surface area contributed by atoms with E-state index in [1.807, 2.05) is 13.1 Å². The number of aryl methyl sites for hydroxylation is 2. The minimum Gasteiger partial charge on any atom is -0.305 e. The molecule has 98 valence electrons. The van der Waals surface area contributed by atoms with E-state index in [9.17, 15) is 4.79 Å². The maximum atomic E-state index is 12.2. The van der Waals surface area contributed by atoms with E-state index in [0.717, 1.165) is 34.7 Å². The molecule has 1 aliphatic carbocycles. The van der Waals surface area contributed by atoms with Crippen molar-refractivity contribution in [2.24, 2.45) is 7.05 Å². The first-order valence-electron chi connectivity index (χ1n) is 6.44. The zero-order valence-corrected chi connectivity index (χ0v) is 11.8. The number of imidazole rings is 1. The number of fused-ring (bicyclic) bond motifs is 2. The van der Waals surface area contributed by atoms with Crippen LogP contribution < -0.4 is 5.43 Å². The molecule has 0 saturated carbocycles.